The van der Waals surface area contributed by atoms with Gasteiger partial charge in [-0.3, -0.25) is 4.79 Å². The number of para-hydroxylation sites is 2. The average molecular weight is 633 g/mol. The molecule has 46 heavy (non-hydrogen) atoms. The van der Waals surface area contributed by atoms with Crippen molar-refractivity contribution in [1.82, 2.24) is 10.3 Å². The molecule has 0 saturated heterocycles. The minimum Gasteiger partial charge on any atom is -0.456 e. The second kappa shape index (κ2) is 11.4. The van der Waals surface area contributed by atoms with E-state index >= 15 is 0 Å². The summed E-state index contributed by atoms with van der Waals surface area (Å²) >= 11 is 0. The average Bonchev–Trinajstić information content (AvgIpc) is 3.59. The first-order valence-corrected chi connectivity index (χ1v) is 14.2. The molecule has 0 fully saturated rings. The van der Waals surface area contributed by atoms with Crippen LogP contribution in [0.2, 0.25) is 0 Å². The zero-order chi connectivity index (χ0) is 32.8. The molecular weight excluding hydrogens is 605 g/mol. The van der Waals surface area contributed by atoms with Crippen molar-refractivity contribution in [3.8, 4) is 17.1 Å². The standard InChI is InChI=1S/C34H27F3N2O7/c1-33(2,3)46-32(42)39-24(14-19-17-38-23-10-6-5-9-21(19)23)31(41)43-20-12-13-22-26(16-20)45-30(34(35,36)37)28(29(22)40)27-15-18-8-4-7-11-25(18)44-27/h4-13,15-17,24,38H,14H2,1-3H3,(H,39,42). The minimum absolute atomic E-state index is 0.00381. The predicted octanol–water partition coefficient (Wildman–Crippen LogP) is 7.75. The number of halogens is 3. The monoisotopic (exact) mass is 632 g/mol. The summed E-state index contributed by atoms with van der Waals surface area (Å²) in [4.78, 5) is 42.6. The molecule has 1 atom stereocenters. The highest BCUT2D eigenvalue weighted by atomic mass is 19.4. The number of furan rings is 1. The third-order valence-electron chi connectivity index (χ3n) is 7.09. The van der Waals surface area contributed by atoms with E-state index in [1.54, 1.807) is 51.2 Å². The van der Waals surface area contributed by atoms with Crippen LogP contribution in [0.4, 0.5) is 18.0 Å². The van der Waals surface area contributed by atoms with E-state index in [4.69, 9.17) is 18.3 Å². The maximum Gasteiger partial charge on any atom is 0.450 e. The molecule has 0 aliphatic carbocycles. The molecule has 6 rings (SSSR count). The van der Waals surface area contributed by atoms with Gasteiger partial charge >= 0.3 is 18.2 Å². The van der Waals surface area contributed by atoms with Crippen molar-refractivity contribution in [2.24, 2.45) is 0 Å². The number of rotatable bonds is 6. The number of aromatic nitrogens is 1. The fourth-order valence-electron chi connectivity index (χ4n) is 5.12. The summed E-state index contributed by atoms with van der Waals surface area (Å²) in [7, 11) is 0. The molecule has 0 spiro atoms. The van der Waals surface area contributed by atoms with Crippen LogP contribution in [0.1, 0.15) is 32.1 Å². The van der Waals surface area contributed by atoms with Gasteiger partial charge in [0.25, 0.3) is 0 Å². The van der Waals surface area contributed by atoms with Gasteiger partial charge < -0.3 is 28.6 Å². The number of hydrogen-bond donors (Lipinski definition) is 2. The van der Waals surface area contributed by atoms with E-state index in [0.717, 1.165) is 17.0 Å². The number of ether oxygens (including phenoxy) is 2. The molecule has 0 radical (unpaired) electrons. The maximum absolute atomic E-state index is 14.2. The van der Waals surface area contributed by atoms with Gasteiger partial charge in [-0.25, -0.2) is 9.59 Å². The van der Waals surface area contributed by atoms with Crippen molar-refractivity contribution in [2.75, 3.05) is 0 Å². The van der Waals surface area contributed by atoms with Gasteiger partial charge in [-0.1, -0.05) is 36.4 Å². The Morgan fingerprint density at radius 3 is 2.39 bits per heavy atom. The normalized spacial score (nSPS) is 12.8. The number of aromatic amines is 1. The van der Waals surface area contributed by atoms with Gasteiger partial charge in [0.2, 0.25) is 11.2 Å². The van der Waals surface area contributed by atoms with E-state index in [1.807, 2.05) is 24.3 Å². The van der Waals surface area contributed by atoms with E-state index < -0.39 is 52.2 Å². The number of fused-ring (bicyclic) bond motifs is 3. The maximum atomic E-state index is 14.2. The SMILES string of the molecule is CC(C)(C)OC(=O)NC(Cc1c[nH]c2ccccc12)C(=O)Oc1ccc2c(=O)c(-c3cc4ccccc4o3)c(C(F)(F)F)oc2c1. The summed E-state index contributed by atoms with van der Waals surface area (Å²) in [6.07, 6.45) is -4.23. The van der Waals surface area contributed by atoms with Crippen LogP contribution in [0.5, 0.6) is 5.75 Å². The topological polar surface area (TPSA) is 124 Å². The smallest absolute Gasteiger partial charge is 0.450 e. The fraction of sp³-hybridized carbons (Fsp3) is 0.206. The van der Waals surface area contributed by atoms with Gasteiger partial charge in [0, 0.05) is 35.0 Å². The Bertz CT molecular complexity index is 2140. The quantitative estimate of drug-likeness (QED) is 0.142. The van der Waals surface area contributed by atoms with E-state index in [2.05, 4.69) is 10.3 Å². The Hall–Kier alpha value is -5.52. The lowest BCUT2D eigenvalue weighted by molar-refractivity contribution is -0.152. The predicted molar refractivity (Wildman–Crippen MR) is 163 cm³/mol. The lowest BCUT2D eigenvalue weighted by Crippen LogP contribution is -2.46. The number of hydrogen-bond acceptors (Lipinski definition) is 7. The number of H-pyrrole nitrogens is 1. The molecule has 236 valence electrons. The second-order valence-corrected chi connectivity index (χ2v) is 11.6. The summed E-state index contributed by atoms with van der Waals surface area (Å²) in [6, 6.07) is 17.5. The first-order valence-electron chi connectivity index (χ1n) is 14.2. The number of nitrogens with one attached hydrogen (secondary N) is 2. The van der Waals surface area contributed by atoms with Crippen molar-refractivity contribution in [3.05, 3.63) is 101 Å². The molecule has 3 aromatic heterocycles. The van der Waals surface area contributed by atoms with Crippen LogP contribution in [0.25, 0.3) is 44.2 Å². The van der Waals surface area contributed by atoms with Crippen LogP contribution < -0.4 is 15.5 Å². The zero-order valence-electron chi connectivity index (χ0n) is 24.8. The Labute approximate surface area is 258 Å². The molecule has 6 aromatic rings. The van der Waals surface area contributed by atoms with Gasteiger partial charge in [-0.05, 0) is 56.7 Å². The van der Waals surface area contributed by atoms with Crippen LogP contribution in [-0.2, 0) is 22.1 Å². The van der Waals surface area contributed by atoms with Crippen molar-refractivity contribution in [3.63, 3.8) is 0 Å². The number of amides is 1. The Morgan fingerprint density at radius 2 is 1.65 bits per heavy atom. The highest BCUT2D eigenvalue weighted by Gasteiger charge is 2.40. The van der Waals surface area contributed by atoms with Crippen LogP contribution in [-0.4, -0.2) is 28.7 Å². The summed E-state index contributed by atoms with van der Waals surface area (Å²) in [6.45, 7) is 4.99. The minimum atomic E-state index is -5.06. The van der Waals surface area contributed by atoms with Gasteiger partial charge in [0.05, 0.1) is 5.39 Å². The molecule has 0 aliphatic heterocycles. The largest absolute Gasteiger partial charge is 0.456 e. The highest BCUT2D eigenvalue weighted by Crippen LogP contribution is 2.39. The van der Waals surface area contributed by atoms with Gasteiger partial charge in [-0.2, -0.15) is 13.2 Å². The molecular formula is C34H27F3N2O7. The van der Waals surface area contributed by atoms with Crippen molar-refractivity contribution in [1.29, 1.82) is 0 Å². The highest BCUT2D eigenvalue weighted by molar-refractivity contribution is 5.89. The first kappa shape index (κ1) is 30.5. The summed E-state index contributed by atoms with van der Waals surface area (Å²) in [5.41, 5.74) is -1.26. The summed E-state index contributed by atoms with van der Waals surface area (Å²) in [5, 5.41) is 3.66. The molecule has 9 nitrogen and oxygen atoms in total. The molecule has 0 aliphatic rings. The Morgan fingerprint density at radius 1 is 0.913 bits per heavy atom. The van der Waals surface area contributed by atoms with Crippen molar-refractivity contribution in [2.45, 2.75) is 45.0 Å². The Balaban J connectivity index is 1.35. The van der Waals surface area contributed by atoms with E-state index in [9.17, 15) is 27.6 Å². The molecule has 2 N–H and O–H groups in total. The zero-order valence-corrected chi connectivity index (χ0v) is 24.8. The Kier molecular flexibility index (Phi) is 7.59. The number of alkyl halides is 3. The number of alkyl carbamates (subject to hydrolysis) is 1. The first-order chi connectivity index (χ1) is 21.8. The van der Waals surface area contributed by atoms with E-state index in [-0.39, 0.29) is 23.3 Å². The number of carbonyl (C=O) groups excluding carboxylic acids is 2. The van der Waals surface area contributed by atoms with Crippen LogP contribution in [0, 0.1) is 0 Å². The van der Waals surface area contributed by atoms with Crippen LogP contribution in [0.15, 0.2) is 92.6 Å². The lowest BCUT2D eigenvalue weighted by Gasteiger charge is -2.23. The molecule has 3 aromatic carbocycles. The fourth-order valence-corrected chi connectivity index (χ4v) is 5.12. The van der Waals surface area contributed by atoms with Crippen molar-refractivity contribution >= 4 is 44.9 Å². The third-order valence-corrected chi connectivity index (χ3v) is 7.09. The molecule has 12 heteroatoms. The van der Waals surface area contributed by atoms with Gasteiger partial charge in [0.15, 0.2) is 0 Å². The summed E-state index contributed by atoms with van der Waals surface area (Å²) in [5.74, 6) is -2.99. The number of esters is 1. The van der Waals surface area contributed by atoms with E-state index in [1.165, 1.54) is 18.2 Å². The van der Waals surface area contributed by atoms with Crippen LogP contribution >= 0.6 is 0 Å². The number of carbonyl (C=O) groups is 2. The molecule has 1 amide bonds. The third kappa shape index (κ3) is 6.19. The molecule has 0 saturated carbocycles. The number of benzene rings is 3. The van der Waals surface area contributed by atoms with Gasteiger partial charge in [0.1, 0.15) is 39.9 Å². The lowest BCUT2D eigenvalue weighted by atomic mass is 10.0. The second-order valence-electron chi connectivity index (χ2n) is 11.6. The molecule has 3 heterocycles. The molecule has 0 bridgehead atoms. The van der Waals surface area contributed by atoms with Gasteiger partial charge in [-0.15, -0.1) is 0 Å². The summed E-state index contributed by atoms with van der Waals surface area (Å²) < 4.78 is 64.4. The van der Waals surface area contributed by atoms with Crippen molar-refractivity contribution < 1.29 is 41.1 Å². The van der Waals surface area contributed by atoms with Crippen LogP contribution in [0.3, 0.4) is 0 Å². The van der Waals surface area contributed by atoms with E-state index in [0.29, 0.717) is 16.5 Å². The molecule has 1 unspecified atom stereocenters.